The number of fused-ring (bicyclic) bond motifs is 1. The minimum Gasteiger partial charge on any atom is -0.356 e. The molecular weight excluding hydrogens is 486 g/mol. The predicted octanol–water partition coefficient (Wildman–Crippen LogP) is 4.89. The average molecular weight is 511 g/mol. The lowest BCUT2D eigenvalue weighted by Gasteiger charge is -2.33. The van der Waals surface area contributed by atoms with Crippen LogP contribution in [-0.4, -0.2) is 57.5 Å². The van der Waals surface area contributed by atoms with Gasteiger partial charge in [0.2, 0.25) is 0 Å². The van der Waals surface area contributed by atoms with Gasteiger partial charge in [0.25, 0.3) is 5.91 Å². The molecule has 0 N–H and O–H groups in total. The summed E-state index contributed by atoms with van der Waals surface area (Å²) in [4.78, 5) is 28.7. The summed E-state index contributed by atoms with van der Waals surface area (Å²) in [7, 11) is 3.22. The Balaban J connectivity index is 1.38. The Bertz CT molecular complexity index is 1410. The second kappa shape index (κ2) is 9.81. The molecule has 0 spiro atoms. The van der Waals surface area contributed by atoms with Crippen molar-refractivity contribution in [2.24, 2.45) is 0 Å². The average Bonchev–Trinajstić information content (AvgIpc) is 3.22. The van der Waals surface area contributed by atoms with Crippen LogP contribution in [0, 0.1) is 11.6 Å². The summed E-state index contributed by atoms with van der Waals surface area (Å²) < 4.78 is 31.9. The number of pyridine rings is 1. The molecular formula is C26H25ClF2N6O. The van der Waals surface area contributed by atoms with Gasteiger partial charge < -0.3 is 14.4 Å². The smallest absolute Gasteiger partial charge is 0.253 e. The largest absolute Gasteiger partial charge is 0.356 e. The number of nitrogens with zero attached hydrogens (tertiary/aromatic N) is 6. The highest BCUT2D eigenvalue weighted by atomic mass is 35.5. The molecule has 186 valence electrons. The van der Waals surface area contributed by atoms with Crippen LogP contribution < -0.4 is 4.90 Å². The number of carbonyl (C=O) groups excluding carboxylic acids is 1. The van der Waals surface area contributed by atoms with Gasteiger partial charge in [-0.2, -0.15) is 0 Å². The highest BCUT2D eigenvalue weighted by Gasteiger charge is 2.25. The Hall–Kier alpha value is -3.59. The standard InChI is InChI=1S/C26H25ClF2N6O/c1-33(2)26(36)17-4-3-16(20(28)11-17)12-22-24-21(29)14-35(25(24)32-15-31-22)19-7-9-34(10-8-19)23-6-5-18(27)13-30-23/h3-6,11,13-15,19H,7-10,12H2,1-2H3. The Morgan fingerprint density at radius 1 is 1.08 bits per heavy atom. The highest BCUT2D eigenvalue weighted by molar-refractivity contribution is 6.30. The fourth-order valence-electron chi connectivity index (χ4n) is 4.70. The lowest BCUT2D eigenvalue weighted by molar-refractivity contribution is 0.0827. The van der Waals surface area contributed by atoms with Gasteiger partial charge in [0.15, 0.2) is 5.82 Å². The first-order chi connectivity index (χ1) is 17.3. The van der Waals surface area contributed by atoms with Crippen LogP contribution >= 0.6 is 11.6 Å². The van der Waals surface area contributed by atoms with Crippen molar-refractivity contribution in [3.63, 3.8) is 0 Å². The van der Waals surface area contributed by atoms with Crippen LogP contribution in [0.25, 0.3) is 11.0 Å². The van der Waals surface area contributed by atoms with Crippen molar-refractivity contribution >= 4 is 34.4 Å². The van der Waals surface area contributed by atoms with E-state index in [1.165, 1.54) is 23.5 Å². The zero-order chi connectivity index (χ0) is 25.4. The first-order valence-corrected chi connectivity index (χ1v) is 12.1. The number of anilines is 1. The second-order valence-corrected chi connectivity index (χ2v) is 9.58. The molecule has 0 aliphatic carbocycles. The van der Waals surface area contributed by atoms with Crippen LogP contribution in [0.1, 0.15) is 40.5 Å². The second-order valence-electron chi connectivity index (χ2n) is 9.14. The van der Waals surface area contributed by atoms with Crippen molar-refractivity contribution in [2.75, 3.05) is 32.1 Å². The van der Waals surface area contributed by atoms with E-state index in [9.17, 15) is 9.18 Å². The van der Waals surface area contributed by atoms with Gasteiger partial charge in [0.05, 0.1) is 16.1 Å². The summed E-state index contributed by atoms with van der Waals surface area (Å²) in [6.07, 6.45) is 6.17. The quantitative estimate of drug-likeness (QED) is 0.382. The van der Waals surface area contributed by atoms with Crippen LogP contribution in [0.2, 0.25) is 5.02 Å². The van der Waals surface area contributed by atoms with E-state index in [0.717, 1.165) is 31.7 Å². The zero-order valence-electron chi connectivity index (χ0n) is 20.0. The highest BCUT2D eigenvalue weighted by Crippen LogP contribution is 2.32. The maximum atomic E-state index is 15.2. The number of carbonyl (C=O) groups is 1. The lowest BCUT2D eigenvalue weighted by atomic mass is 10.0. The number of piperidine rings is 1. The Labute approximate surface area is 212 Å². The van der Waals surface area contributed by atoms with Gasteiger partial charge in [-0.1, -0.05) is 17.7 Å². The van der Waals surface area contributed by atoms with E-state index in [2.05, 4.69) is 19.9 Å². The zero-order valence-corrected chi connectivity index (χ0v) is 20.7. The Morgan fingerprint density at radius 2 is 1.86 bits per heavy atom. The number of benzene rings is 1. The molecule has 4 heterocycles. The molecule has 0 bridgehead atoms. The number of hydrogen-bond donors (Lipinski definition) is 0. The van der Waals surface area contributed by atoms with E-state index in [0.29, 0.717) is 27.3 Å². The molecule has 0 saturated carbocycles. The molecule has 10 heteroatoms. The number of halogens is 3. The summed E-state index contributed by atoms with van der Waals surface area (Å²) in [5.41, 5.74) is 1.50. The first kappa shape index (κ1) is 24.1. The van der Waals surface area contributed by atoms with Crippen LogP contribution in [0.5, 0.6) is 0 Å². The van der Waals surface area contributed by atoms with Crippen LogP contribution in [0.4, 0.5) is 14.6 Å². The predicted molar refractivity (Wildman–Crippen MR) is 134 cm³/mol. The summed E-state index contributed by atoms with van der Waals surface area (Å²) >= 11 is 5.95. The van der Waals surface area contributed by atoms with E-state index < -0.39 is 11.6 Å². The maximum Gasteiger partial charge on any atom is 0.253 e. The summed E-state index contributed by atoms with van der Waals surface area (Å²) in [6.45, 7) is 1.53. The van der Waals surface area contributed by atoms with Crippen molar-refractivity contribution in [3.05, 3.63) is 82.5 Å². The number of rotatable bonds is 5. The summed E-state index contributed by atoms with van der Waals surface area (Å²) in [5.74, 6) is -0.378. The van der Waals surface area contributed by atoms with Crippen molar-refractivity contribution in [1.29, 1.82) is 0 Å². The topological polar surface area (TPSA) is 67.2 Å². The van der Waals surface area contributed by atoms with Gasteiger partial charge in [-0.25, -0.2) is 23.7 Å². The summed E-state index contributed by atoms with van der Waals surface area (Å²) in [6, 6.07) is 8.12. The third kappa shape index (κ3) is 4.63. The number of amides is 1. The molecule has 1 saturated heterocycles. The van der Waals surface area contributed by atoms with Crippen molar-refractivity contribution < 1.29 is 13.6 Å². The SMILES string of the molecule is CN(C)C(=O)c1ccc(Cc2ncnc3c2c(F)cn3C2CCN(c3ccc(Cl)cn3)CC2)c(F)c1. The molecule has 0 radical (unpaired) electrons. The molecule has 3 aromatic heterocycles. The Morgan fingerprint density at radius 3 is 2.53 bits per heavy atom. The lowest BCUT2D eigenvalue weighted by Crippen LogP contribution is -2.35. The normalized spacial score (nSPS) is 14.4. The van der Waals surface area contributed by atoms with Gasteiger partial charge in [-0.15, -0.1) is 0 Å². The van der Waals surface area contributed by atoms with Crippen LogP contribution in [-0.2, 0) is 6.42 Å². The van der Waals surface area contributed by atoms with E-state index in [1.807, 2.05) is 16.7 Å². The van der Waals surface area contributed by atoms with Gasteiger partial charge >= 0.3 is 0 Å². The molecule has 36 heavy (non-hydrogen) atoms. The molecule has 1 fully saturated rings. The summed E-state index contributed by atoms with van der Waals surface area (Å²) in [5, 5.41) is 0.892. The van der Waals surface area contributed by atoms with Crippen molar-refractivity contribution in [3.8, 4) is 0 Å². The van der Waals surface area contributed by atoms with Gasteiger partial charge in [0.1, 0.15) is 23.6 Å². The van der Waals surface area contributed by atoms with E-state index in [4.69, 9.17) is 11.6 Å². The molecule has 1 aliphatic rings. The fourth-order valence-corrected chi connectivity index (χ4v) is 4.81. The number of aromatic nitrogens is 4. The third-order valence-corrected chi connectivity index (χ3v) is 6.82. The monoisotopic (exact) mass is 510 g/mol. The van der Waals surface area contributed by atoms with Crippen LogP contribution in [0.15, 0.2) is 49.1 Å². The first-order valence-electron chi connectivity index (χ1n) is 11.7. The molecule has 0 unspecified atom stereocenters. The van der Waals surface area contributed by atoms with E-state index in [-0.39, 0.29) is 23.9 Å². The molecule has 4 aromatic rings. The van der Waals surface area contributed by atoms with E-state index >= 15 is 4.39 Å². The molecule has 1 aromatic carbocycles. The van der Waals surface area contributed by atoms with Gasteiger partial charge in [-0.3, -0.25) is 4.79 Å². The van der Waals surface area contributed by atoms with Gasteiger partial charge in [0, 0.05) is 57.6 Å². The number of hydrogen-bond acceptors (Lipinski definition) is 5. The maximum absolute atomic E-state index is 15.2. The fraction of sp³-hybridized carbons (Fsp3) is 0.308. The molecule has 5 rings (SSSR count). The molecule has 7 nitrogen and oxygen atoms in total. The molecule has 0 atom stereocenters. The van der Waals surface area contributed by atoms with Crippen molar-refractivity contribution in [2.45, 2.75) is 25.3 Å². The van der Waals surface area contributed by atoms with Crippen molar-refractivity contribution in [1.82, 2.24) is 24.4 Å². The molecule has 1 amide bonds. The molecule has 1 aliphatic heterocycles. The minimum absolute atomic E-state index is 0.0661. The minimum atomic E-state index is -0.530. The third-order valence-electron chi connectivity index (χ3n) is 6.60. The Kier molecular flexibility index (Phi) is 6.57. The van der Waals surface area contributed by atoms with Crippen LogP contribution in [0.3, 0.4) is 0 Å². The van der Waals surface area contributed by atoms with Gasteiger partial charge in [-0.05, 0) is 42.7 Å². The van der Waals surface area contributed by atoms with E-state index in [1.54, 1.807) is 32.4 Å².